The largest absolute Gasteiger partial charge is 0.508 e. The van der Waals surface area contributed by atoms with E-state index in [0.29, 0.717) is 52.8 Å². The van der Waals surface area contributed by atoms with Gasteiger partial charge in [-0.2, -0.15) is 4.98 Å². The van der Waals surface area contributed by atoms with Crippen molar-refractivity contribution in [1.82, 2.24) is 15.1 Å². The third-order valence-corrected chi connectivity index (χ3v) is 4.82. The number of benzene rings is 2. The normalized spacial score (nSPS) is 11.0. The van der Waals surface area contributed by atoms with E-state index in [2.05, 4.69) is 15.1 Å². The number of phenols is 1. The molecule has 0 radical (unpaired) electrons. The first-order valence-electron chi connectivity index (χ1n) is 9.89. The molecule has 3 aromatic heterocycles. The number of ether oxygens (including phenoxy) is 1. The van der Waals surface area contributed by atoms with Crippen LogP contribution in [0.1, 0.15) is 5.82 Å². The van der Waals surface area contributed by atoms with Gasteiger partial charge in [0.1, 0.15) is 22.8 Å². The number of rotatable bonds is 6. The van der Waals surface area contributed by atoms with Crippen LogP contribution >= 0.6 is 0 Å². The second-order valence-corrected chi connectivity index (χ2v) is 7.04. The van der Waals surface area contributed by atoms with E-state index in [-0.39, 0.29) is 11.2 Å². The molecule has 0 saturated heterocycles. The maximum atomic E-state index is 12.5. The average molecular weight is 427 g/mol. The Morgan fingerprint density at radius 3 is 2.69 bits per heavy atom. The van der Waals surface area contributed by atoms with Crippen molar-refractivity contribution in [1.29, 1.82) is 0 Å². The summed E-state index contributed by atoms with van der Waals surface area (Å²) in [5.74, 6) is 2.03. The van der Waals surface area contributed by atoms with Crippen LogP contribution in [0.25, 0.3) is 33.7 Å². The van der Waals surface area contributed by atoms with E-state index < -0.39 is 0 Å². The number of pyridine rings is 1. The molecule has 0 aliphatic rings. The molecule has 0 bridgehead atoms. The Kier molecular flexibility index (Phi) is 5.09. The molecule has 0 fully saturated rings. The monoisotopic (exact) mass is 427 g/mol. The van der Waals surface area contributed by atoms with Crippen LogP contribution in [0, 0.1) is 0 Å². The van der Waals surface area contributed by atoms with Crippen molar-refractivity contribution in [3.63, 3.8) is 0 Å². The number of fused-ring (bicyclic) bond motifs is 1. The fraction of sp³-hybridized carbons (Fsp3) is 0.0833. The summed E-state index contributed by atoms with van der Waals surface area (Å²) >= 11 is 0. The Balaban J connectivity index is 1.31. The summed E-state index contributed by atoms with van der Waals surface area (Å²) in [6, 6.07) is 16.6. The van der Waals surface area contributed by atoms with E-state index in [1.165, 1.54) is 18.2 Å². The van der Waals surface area contributed by atoms with Crippen LogP contribution in [0.15, 0.2) is 86.8 Å². The summed E-state index contributed by atoms with van der Waals surface area (Å²) in [6.45, 7) is 0.319. The molecule has 5 rings (SSSR count). The highest BCUT2D eigenvalue weighted by Crippen LogP contribution is 2.26. The number of phenolic OH excluding ortho intramolecular Hbond substituents is 1. The summed E-state index contributed by atoms with van der Waals surface area (Å²) in [5.41, 5.74) is 1.70. The minimum absolute atomic E-state index is 0.140. The van der Waals surface area contributed by atoms with Crippen molar-refractivity contribution in [2.75, 3.05) is 6.61 Å². The van der Waals surface area contributed by atoms with Crippen molar-refractivity contribution in [2.45, 2.75) is 6.42 Å². The van der Waals surface area contributed by atoms with Gasteiger partial charge in [0.05, 0.1) is 17.6 Å². The van der Waals surface area contributed by atoms with Crippen LogP contribution in [-0.2, 0) is 6.42 Å². The first-order valence-corrected chi connectivity index (χ1v) is 9.89. The summed E-state index contributed by atoms with van der Waals surface area (Å²) in [5, 5.41) is 13.9. The number of aromatic hydroxyl groups is 1. The van der Waals surface area contributed by atoms with Gasteiger partial charge in [0.15, 0.2) is 11.3 Å². The Bertz CT molecular complexity index is 1430. The molecular weight excluding hydrogens is 410 g/mol. The van der Waals surface area contributed by atoms with E-state index in [4.69, 9.17) is 13.7 Å². The molecule has 158 valence electrons. The minimum atomic E-state index is -0.157. The van der Waals surface area contributed by atoms with Gasteiger partial charge in [-0.15, -0.1) is 0 Å². The van der Waals surface area contributed by atoms with Gasteiger partial charge >= 0.3 is 0 Å². The van der Waals surface area contributed by atoms with Gasteiger partial charge in [0.2, 0.25) is 0 Å². The average Bonchev–Trinajstić information content (AvgIpc) is 3.29. The maximum Gasteiger partial charge on any atom is 0.259 e. The van der Waals surface area contributed by atoms with Crippen molar-refractivity contribution in [3.8, 4) is 34.3 Å². The first-order chi connectivity index (χ1) is 15.7. The minimum Gasteiger partial charge on any atom is -0.508 e. The Morgan fingerprint density at radius 1 is 1.00 bits per heavy atom. The maximum absolute atomic E-state index is 12.5. The lowest BCUT2D eigenvalue weighted by Gasteiger charge is -2.07. The van der Waals surface area contributed by atoms with Crippen LogP contribution in [0.5, 0.6) is 11.5 Å². The van der Waals surface area contributed by atoms with Crippen molar-refractivity contribution < 1.29 is 18.8 Å². The van der Waals surface area contributed by atoms with Gasteiger partial charge in [0.25, 0.3) is 5.89 Å². The van der Waals surface area contributed by atoms with E-state index >= 15 is 0 Å². The Hall–Kier alpha value is -4.46. The molecule has 0 aliphatic carbocycles. The van der Waals surface area contributed by atoms with Crippen molar-refractivity contribution in [3.05, 3.63) is 89.1 Å². The molecule has 2 aromatic carbocycles. The molecule has 32 heavy (non-hydrogen) atoms. The molecule has 0 aliphatic heterocycles. The molecule has 0 amide bonds. The second-order valence-electron chi connectivity index (χ2n) is 7.04. The molecule has 0 unspecified atom stereocenters. The zero-order chi connectivity index (χ0) is 21.9. The fourth-order valence-corrected chi connectivity index (χ4v) is 3.22. The highest BCUT2D eigenvalue weighted by molar-refractivity contribution is 5.80. The van der Waals surface area contributed by atoms with Gasteiger partial charge in [-0.1, -0.05) is 5.16 Å². The van der Waals surface area contributed by atoms with Crippen LogP contribution in [0.3, 0.4) is 0 Å². The number of hydrogen-bond acceptors (Lipinski definition) is 8. The SMILES string of the molecule is O=c1cc(-c2ccc(O)cc2)oc2cc(OCCc3noc(-c4cccnc4)n3)ccc12. The van der Waals surface area contributed by atoms with Crippen LogP contribution in [-0.4, -0.2) is 26.8 Å². The number of hydrogen-bond donors (Lipinski definition) is 1. The Morgan fingerprint density at radius 2 is 1.88 bits per heavy atom. The van der Waals surface area contributed by atoms with Gasteiger partial charge in [-0.3, -0.25) is 9.78 Å². The van der Waals surface area contributed by atoms with E-state index in [1.54, 1.807) is 48.8 Å². The lowest BCUT2D eigenvalue weighted by Crippen LogP contribution is -2.04. The topological polar surface area (TPSA) is 111 Å². The smallest absolute Gasteiger partial charge is 0.259 e. The third-order valence-electron chi connectivity index (χ3n) is 4.82. The highest BCUT2D eigenvalue weighted by atomic mass is 16.5. The summed E-state index contributed by atoms with van der Waals surface area (Å²) in [7, 11) is 0. The van der Waals surface area contributed by atoms with E-state index in [1.807, 2.05) is 6.07 Å². The molecule has 8 heteroatoms. The van der Waals surface area contributed by atoms with Crippen LogP contribution < -0.4 is 10.2 Å². The van der Waals surface area contributed by atoms with Crippen LogP contribution in [0.2, 0.25) is 0 Å². The highest BCUT2D eigenvalue weighted by Gasteiger charge is 2.11. The molecule has 3 heterocycles. The van der Waals surface area contributed by atoms with Gasteiger partial charge < -0.3 is 18.8 Å². The van der Waals surface area contributed by atoms with Crippen molar-refractivity contribution >= 4 is 11.0 Å². The predicted octanol–water partition coefficient (Wildman–Crippen LogP) is 4.23. The second kappa shape index (κ2) is 8.35. The fourth-order valence-electron chi connectivity index (χ4n) is 3.22. The zero-order valence-electron chi connectivity index (χ0n) is 16.8. The van der Waals surface area contributed by atoms with Crippen LogP contribution in [0.4, 0.5) is 0 Å². The first kappa shape index (κ1) is 19.5. The molecule has 0 spiro atoms. The van der Waals surface area contributed by atoms with E-state index in [9.17, 15) is 9.90 Å². The van der Waals surface area contributed by atoms with E-state index in [0.717, 1.165) is 5.56 Å². The summed E-state index contributed by atoms with van der Waals surface area (Å²) in [4.78, 5) is 20.9. The van der Waals surface area contributed by atoms with Gasteiger partial charge in [-0.25, -0.2) is 0 Å². The van der Waals surface area contributed by atoms with Gasteiger partial charge in [0, 0.05) is 36.5 Å². The molecule has 0 atom stereocenters. The molecular formula is C24H17N3O5. The molecule has 0 saturated carbocycles. The lowest BCUT2D eigenvalue weighted by atomic mass is 10.1. The Labute approximate surface area is 181 Å². The summed E-state index contributed by atoms with van der Waals surface area (Å²) in [6.07, 6.45) is 3.77. The predicted molar refractivity (Wildman–Crippen MR) is 116 cm³/mol. The standard InChI is InChI=1S/C24H17N3O5/c28-17-5-3-15(4-6-17)21-13-20(29)19-8-7-18(12-22(19)31-21)30-11-9-23-26-24(32-27-23)16-2-1-10-25-14-16/h1-8,10,12-14,28H,9,11H2. The zero-order valence-corrected chi connectivity index (χ0v) is 16.8. The van der Waals surface area contributed by atoms with Crippen molar-refractivity contribution in [2.24, 2.45) is 0 Å². The number of nitrogens with zero attached hydrogens (tertiary/aromatic N) is 3. The molecule has 1 N–H and O–H groups in total. The quantitative estimate of drug-likeness (QED) is 0.428. The lowest BCUT2D eigenvalue weighted by molar-refractivity contribution is 0.315. The molecule has 5 aromatic rings. The number of aromatic nitrogens is 3. The van der Waals surface area contributed by atoms with Gasteiger partial charge in [-0.05, 0) is 48.5 Å². The summed E-state index contributed by atoms with van der Waals surface area (Å²) < 4.78 is 17.0. The molecule has 8 nitrogen and oxygen atoms in total. The third kappa shape index (κ3) is 4.06.